The van der Waals surface area contributed by atoms with Crippen LogP contribution in [-0.4, -0.2) is 37.0 Å². The van der Waals surface area contributed by atoms with Crippen molar-refractivity contribution in [2.45, 2.75) is 25.4 Å². The summed E-state index contributed by atoms with van der Waals surface area (Å²) in [5.74, 6) is -0.951. The summed E-state index contributed by atoms with van der Waals surface area (Å²) < 4.78 is 18.6. The minimum absolute atomic E-state index is 0.0295. The zero-order valence-electron chi connectivity index (χ0n) is 16.2. The number of nitrogens with one attached hydrogen (secondary N) is 1. The lowest BCUT2D eigenvalue weighted by atomic mass is 9.83. The quantitative estimate of drug-likeness (QED) is 0.745. The van der Waals surface area contributed by atoms with Gasteiger partial charge in [0.15, 0.2) is 0 Å². The minimum atomic E-state index is -0.461. The van der Waals surface area contributed by atoms with Crippen molar-refractivity contribution in [2.24, 2.45) is 5.92 Å². The van der Waals surface area contributed by atoms with Gasteiger partial charge < -0.3 is 15.0 Å². The standard InChI is InChI=1S/C22H24ClFN2O3/c1-29-13-12-26-20(27)11-10-19(21(26)16-4-8-18(24)9-5-16)22(28)25-14-15-2-6-17(23)7-3-15/h2-9,19,21H,10-14H2,1H3,(H,25,28). The molecule has 2 unspecified atom stereocenters. The summed E-state index contributed by atoms with van der Waals surface area (Å²) >= 11 is 5.90. The SMILES string of the molecule is COCCN1C(=O)CCC(C(=O)NCc2ccc(Cl)cc2)C1c1ccc(F)cc1. The topological polar surface area (TPSA) is 58.6 Å². The third kappa shape index (κ3) is 5.34. The second kappa shape index (κ2) is 9.85. The molecule has 1 aliphatic heterocycles. The first-order valence-corrected chi connectivity index (χ1v) is 9.93. The highest BCUT2D eigenvalue weighted by Gasteiger charge is 2.40. The molecule has 0 saturated carbocycles. The maximum atomic E-state index is 13.4. The predicted octanol–water partition coefficient (Wildman–Crippen LogP) is 3.72. The van der Waals surface area contributed by atoms with Crippen LogP contribution in [0.15, 0.2) is 48.5 Å². The van der Waals surface area contributed by atoms with E-state index in [9.17, 15) is 14.0 Å². The van der Waals surface area contributed by atoms with Gasteiger partial charge in [-0.2, -0.15) is 0 Å². The van der Waals surface area contributed by atoms with E-state index in [2.05, 4.69) is 5.32 Å². The Morgan fingerprint density at radius 1 is 1.21 bits per heavy atom. The van der Waals surface area contributed by atoms with Crippen LogP contribution in [-0.2, 0) is 20.9 Å². The highest BCUT2D eigenvalue weighted by Crippen LogP contribution is 2.37. The van der Waals surface area contributed by atoms with Crippen molar-refractivity contribution in [1.82, 2.24) is 10.2 Å². The third-order valence-corrected chi connectivity index (χ3v) is 5.42. The summed E-state index contributed by atoms with van der Waals surface area (Å²) in [7, 11) is 1.57. The average molecular weight is 419 g/mol. The number of amides is 2. The van der Waals surface area contributed by atoms with E-state index in [0.29, 0.717) is 37.6 Å². The zero-order valence-corrected chi connectivity index (χ0v) is 17.0. The molecule has 0 spiro atoms. The number of nitrogens with zero attached hydrogens (tertiary/aromatic N) is 1. The van der Waals surface area contributed by atoms with Crippen LogP contribution in [0.4, 0.5) is 4.39 Å². The number of ether oxygens (including phenoxy) is 1. The lowest BCUT2D eigenvalue weighted by Crippen LogP contribution is -2.49. The Bertz CT molecular complexity index is 842. The molecule has 5 nitrogen and oxygen atoms in total. The predicted molar refractivity (Wildman–Crippen MR) is 109 cm³/mol. The molecule has 29 heavy (non-hydrogen) atoms. The van der Waals surface area contributed by atoms with E-state index in [0.717, 1.165) is 11.1 Å². The van der Waals surface area contributed by atoms with E-state index in [4.69, 9.17) is 16.3 Å². The van der Waals surface area contributed by atoms with Gasteiger partial charge >= 0.3 is 0 Å². The fourth-order valence-corrected chi connectivity index (χ4v) is 3.80. The Morgan fingerprint density at radius 2 is 1.90 bits per heavy atom. The molecule has 1 fully saturated rings. The molecule has 0 aromatic heterocycles. The lowest BCUT2D eigenvalue weighted by molar-refractivity contribution is -0.144. The van der Waals surface area contributed by atoms with Gasteiger partial charge in [0, 0.05) is 31.6 Å². The van der Waals surface area contributed by atoms with E-state index in [1.165, 1.54) is 12.1 Å². The summed E-state index contributed by atoms with van der Waals surface area (Å²) in [6.07, 6.45) is 0.733. The Labute approximate surface area is 174 Å². The van der Waals surface area contributed by atoms with Crippen molar-refractivity contribution in [3.8, 4) is 0 Å². The molecular weight excluding hydrogens is 395 g/mol. The molecule has 0 bridgehead atoms. The maximum Gasteiger partial charge on any atom is 0.225 e. The van der Waals surface area contributed by atoms with Gasteiger partial charge in [-0.25, -0.2) is 4.39 Å². The van der Waals surface area contributed by atoms with Crippen LogP contribution in [0, 0.1) is 11.7 Å². The number of methoxy groups -OCH3 is 1. The van der Waals surface area contributed by atoms with Crippen molar-refractivity contribution < 1.29 is 18.7 Å². The van der Waals surface area contributed by atoms with Crippen molar-refractivity contribution in [3.63, 3.8) is 0 Å². The zero-order chi connectivity index (χ0) is 20.8. The number of hydrogen-bond acceptors (Lipinski definition) is 3. The monoisotopic (exact) mass is 418 g/mol. The van der Waals surface area contributed by atoms with Crippen molar-refractivity contribution in [3.05, 3.63) is 70.5 Å². The molecule has 0 aliphatic carbocycles. The average Bonchev–Trinajstić information content (AvgIpc) is 2.72. The molecule has 2 aromatic rings. The van der Waals surface area contributed by atoms with Crippen LogP contribution in [0.3, 0.4) is 0 Å². The fraction of sp³-hybridized carbons (Fsp3) is 0.364. The molecule has 1 saturated heterocycles. The maximum absolute atomic E-state index is 13.4. The Balaban J connectivity index is 1.81. The summed E-state index contributed by atoms with van der Waals surface area (Å²) in [6.45, 7) is 1.11. The number of benzene rings is 2. The molecular formula is C22H24ClFN2O3. The smallest absolute Gasteiger partial charge is 0.225 e. The van der Waals surface area contributed by atoms with Crippen LogP contribution >= 0.6 is 11.6 Å². The van der Waals surface area contributed by atoms with E-state index in [-0.39, 0.29) is 17.6 Å². The second-order valence-corrected chi connectivity index (χ2v) is 7.50. The molecule has 2 aromatic carbocycles. The summed E-state index contributed by atoms with van der Waals surface area (Å²) in [5.41, 5.74) is 1.67. The van der Waals surface area contributed by atoms with Gasteiger partial charge in [-0.1, -0.05) is 35.9 Å². The summed E-state index contributed by atoms with van der Waals surface area (Å²) in [4.78, 5) is 27.3. The number of rotatable bonds is 7. The molecule has 3 rings (SSSR count). The molecule has 0 radical (unpaired) electrons. The number of piperidine rings is 1. The van der Waals surface area contributed by atoms with E-state index >= 15 is 0 Å². The normalized spacial score (nSPS) is 19.3. The molecule has 7 heteroatoms. The lowest BCUT2D eigenvalue weighted by Gasteiger charge is -2.40. The fourth-order valence-electron chi connectivity index (χ4n) is 3.68. The molecule has 2 amide bonds. The first-order valence-electron chi connectivity index (χ1n) is 9.55. The van der Waals surface area contributed by atoms with Crippen molar-refractivity contribution >= 4 is 23.4 Å². The van der Waals surface area contributed by atoms with Gasteiger partial charge in [0.2, 0.25) is 11.8 Å². The van der Waals surface area contributed by atoms with E-state index in [1.807, 2.05) is 12.1 Å². The van der Waals surface area contributed by atoms with Crippen LogP contribution in [0.5, 0.6) is 0 Å². The third-order valence-electron chi connectivity index (χ3n) is 5.17. The molecule has 2 atom stereocenters. The number of likely N-dealkylation sites (tertiary alicyclic amines) is 1. The van der Waals surface area contributed by atoms with E-state index < -0.39 is 12.0 Å². The number of hydrogen-bond donors (Lipinski definition) is 1. The number of carbonyl (C=O) groups excluding carboxylic acids is 2. The van der Waals surface area contributed by atoms with Crippen LogP contribution in [0.1, 0.15) is 30.0 Å². The highest BCUT2D eigenvalue weighted by atomic mass is 35.5. The van der Waals surface area contributed by atoms with Crippen molar-refractivity contribution in [1.29, 1.82) is 0 Å². The Kier molecular flexibility index (Phi) is 7.23. The van der Waals surface area contributed by atoms with Gasteiger partial charge in [0.25, 0.3) is 0 Å². The molecule has 1 heterocycles. The Hall–Kier alpha value is -2.44. The number of halogens is 2. The summed E-state index contributed by atoms with van der Waals surface area (Å²) in [5, 5.41) is 3.60. The largest absolute Gasteiger partial charge is 0.383 e. The molecule has 1 aliphatic rings. The molecule has 1 N–H and O–H groups in total. The van der Waals surface area contributed by atoms with Gasteiger partial charge in [0.1, 0.15) is 5.82 Å². The summed E-state index contributed by atoms with van der Waals surface area (Å²) in [6, 6.07) is 12.8. The first kappa shape index (κ1) is 21.3. The minimum Gasteiger partial charge on any atom is -0.383 e. The van der Waals surface area contributed by atoms with Crippen LogP contribution < -0.4 is 5.32 Å². The first-order chi connectivity index (χ1) is 14.0. The van der Waals surface area contributed by atoms with Gasteiger partial charge in [-0.3, -0.25) is 9.59 Å². The van der Waals surface area contributed by atoms with Gasteiger partial charge in [0.05, 0.1) is 18.6 Å². The Morgan fingerprint density at radius 3 is 2.55 bits per heavy atom. The van der Waals surface area contributed by atoms with Gasteiger partial charge in [-0.05, 0) is 41.8 Å². The van der Waals surface area contributed by atoms with E-state index in [1.54, 1.807) is 36.3 Å². The van der Waals surface area contributed by atoms with Crippen LogP contribution in [0.2, 0.25) is 5.02 Å². The van der Waals surface area contributed by atoms with Crippen molar-refractivity contribution in [2.75, 3.05) is 20.3 Å². The number of carbonyl (C=O) groups is 2. The van der Waals surface area contributed by atoms with Crippen LogP contribution in [0.25, 0.3) is 0 Å². The molecule has 154 valence electrons. The second-order valence-electron chi connectivity index (χ2n) is 7.07. The highest BCUT2D eigenvalue weighted by molar-refractivity contribution is 6.30. The van der Waals surface area contributed by atoms with Gasteiger partial charge in [-0.15, -0.1) is 0 Å².